The van der Waals surface area contributed by atoms with Crippen molar-refractivity contribution < 1.29 is 17.7 Å². The molecule has 1 amide bonds. The smallest absolute Gasteiger partial charge is 0.248 e. The second kappa shape index (κ2) is 7.89. The highest BCUT2D eigenvalue weighted by atomic mass is 32.2. The summed E-state index contributed by atoms with van der Waals surface area (Å²) in [6.07, 6.45) is 2.14. The number of aryl methyl sites for hydroxylation is 2. The summed E-state index contributed by atoms with van der Waals surface area (Å²) in [4.78, 5) is 13.8. The second-order valence-electron chi connectivity index (χ2n) is 6.48. The van der Waals surface area contributed by atoms with Crippen molar-refractivity contribution in [1.29, 1.82) is 0 Å². The maximum absolute atomic E-state index is 12.9. The molecule has 142 valence electrons. The van der Waals surface area contributed by atoms with Crippen LogP contribution in [0.4, 0.5) is 0 Å². The number of amides is 1. The predicted molar refractivity (Wildman–Crippen MR) is 98.5 cm³/mol. The molecule has 2 aromatic rings. The molecule has 1 N–H and O–H groups in total. The molecule has 7 nitrogen and oxygen atoms in total. The zero-order chi connectivity index (χ0) is 18.7. The van der Waals surface area contributed by atoms with Crippen LogP contribution in [0, 0.1) is 19.8 Å². The first kappa shape index (κ1) is 19.1. The van der Waals surface area contributed by atoms with E-state index in [1.54, 1.807) is 25.2 Å². The molecular formula is C17H23N3O4S2. The molecule has 0 aromatic carbocycles. The summed E-state index contributed by atoms with van der Waals surface area (Å²) in [7, 11) is -3.70. The van der Waals surface area contributed by atoms with Gasteiger partial charge in [-0.05, 0) is 44.6 Å². The van der Waals surface area contributed by atoms with Gasteiger partial charge in [-0.2, -0.15) is 4.31 Å². The molecule has 1 unspecified atom stereocenters. The summed E-state index contributed by atoms with van der Waals surface area (Å²) in [5, 5.41) is 8.68. The van der Waals surface area contributed by atoms with Crippen LogP contribution in [-0.4, -0.2) is 43.4 Å². The molecule has 3 heterocycles. The minimum Gasteiger partial charge on any atom is -0.360 e. The van der Waals surface area contributed by atoms with Crippen molar-refractivity contribution in [3.63, 3.8) is 0 Å². The third kappa shape index (κ3) is 3.99. The Morgan fingerprint density at radius 3 is 2.92 bits per heavy atom. The summed E-state index contributed by atoms with van der Waals surface area (Å²) in [5.74, 6) is -0.132. The molecule has 1 saturated heterocycles. The van der Waals surface area contributed by atoms with Crippen LogP contribution in [0.2, 0.25) is 0 Å². The van der Waals surface area contributed by atoms with E-state index in [1.807, 2.05) is 17.5 Å². The lowest BCUT2D eigenvalue weighted by Crippen LogP contribution is -2.45. The number of hydrogen-bond acceptors (Lipinski definition) is 6. The third-order valence-corrected chi connectivity index (χ3v) is 7.62. The molecule has 1 atom stereocenters. The highest BCUT2D eigenvalue weighted by molar-refractivity contribution is 7.89. The zero-order valence-corrected chi connectivity index (χ0v) is 16.5. The Kier molecular flexibility index (Phi) is 5.79. The van der Waals surface area contributed by atoms with Crippen LogP contribution in [-0.2, 0) is 21.2 Å². The highest BCUT2D eigenvalue weighted by Crippen LogP contribution is 2.27. The number of nitrogens with zero attached hydrogens (tertiary/aromatic N) is 2. The Labute approximate surface area is 157 Å². The number of hydrogen-bond donors (Lipinski definition) is 1. The van der Waals surface area contributed by atoms with Gasteiger partial charge < -0.3 is 9.84 Å². The number of nitrogens with one attached hydrogen (secondary N) is 1. The molecule has 0 spiro atoms. The average molecular weight is 398 g/mol. The molecule has 9 heteroatoms. The van der Waals surface area contributed by atoms with Crippen molar-refractivity contribution in [2.24, 2.45) is 5.92 Å². The molecule has 0 radical (unpaired) electrons. The van der Waals surface area contributed by atoms with Crippen molar-refractivity contribution >= 4 is 27.3 Å². The molecule has 1 fully saturated rings. The van der Waals surface area contributed by atoms with Crippen LogP contribution in [0.5, 0.6) is 0 Å². The van der Waals surface area contributed by atoms with Gasteiger partial charge in [-0.3, -0.25) is 4.79 Å². The predicted octanol–water partition coefficient (Wildman–Crippen LogP) is 2.11. The van der Waals surface area contributed by atoms with Crippen molar-refractivity contribution in [3.8, 4) is 0 Å². The Hall–Kier alpha value is -1.71. The van der Waals surface area contributed by atoms with E-state index < -0.39 is 10.0 Å². The number of aromatic nitrogens is 1. The normalized spacial score (nSPS) is 18.8. The molecule has 3 rings (SSSR count). The van der Waals surface area contributed by atoms with E-state index >= 15 is 0 Å². The lowest BCUT2D eigenvalue weighted by Gasteiger charge is -2.31. The number of rotatable bonds is 6. The third-order valence-electron chi connectivity index (χ3n) is 4.57. The molecule has 0 aliphatic carbocycles. The van der Waals surface area contributed by atoms with Crippen LogP contribution in [0.15, 0.2) is 26.9 Å². The maximum Gasteiger partial charge on any atom is 0.248 e. The van der Waals surface area contributed by atoms with Crippen molar-refractivity contribution in [1.82, 2.24) is 14.8 Å². The largest absolute Gasteiger partial charge is 0.360 e. The van der Waals surface area contributed by atoms with E-state index in [0.29, 0.717) is 31.6 Å². The maximum atomic E-state index is 12.9. The Morgan fingerprint density at radius 2 is 2.27 bits per heavy atom. The minimum atomic E-state index is -3.70. The van der Waals surface area contributed by atoms with Crippen LogP contribution >= 0.6 is 11.3 Å². The van der Waals surface area contributed by atoms with Crippen LogP contribution in [0.3, 0.4) is 0 Å². The van der Waals surface area contributed by atoms with Crippen molar-refractivity contribution in [2.45, 2.75) is 38.0 Å². The van der Waals surface area contributed by atoms with Crippen LogP contribution in [0.25, 0.3) is 0 Å². The molecular weight excluding hydrogens is 374 g/mol. The number of sulfonamides is 1. The van der Waals surface area contributed by atoms with Gasteiger partial charge in [0.1, 0.15) is 10.6 Å². The van der Waals surface area contributed by atoms with Gasteiger partial charge in [0, 0.05) is 24.5 Å². The van der Waals surface area contributed by atoms with Gasteiger partial charge in [0.25, 0.3) is 0 Å². The fourth-order valence-corrected chi connectivity index (χ4v) is 5.78. The van der Waals surface area contributed by atoms with E-state index in [0.717, 1.165) is 6.42 Å². The molecule has 2 aromatic heterocycles. The van der Waals surface area contributed by atoms with E-state index in [-0.39, 0.29) is 29.0 Å². The van der Waals surface area contributed by atoms with Crippen LogP contribution in [0.1, 0.15) is 29.2 Å². The van der Waals surface area contributed by atoms with E-state index in [1.165, 1.54) is 9.18 Å². The van der Waals surface area contributed by atoms with E-state index in [4.69, 9.17) is 4.52 Å². The topological polar surface area (TPSA) is 92.5 Å². The summed E-state index contributed by atoms with van der Waals surface area (Å²) >= 11 is 1.66. The molecule has 0 bridgehead atoms. The van der Waals surface area contributed by atoms with Gasteiger partial charge >= 0.3 is 0 Å². The lowest BCUT2D eigenvalue weighted by molar-refractivity contribution is -0.126. The first-order valence-corrected chi connectivity index (χ1v) is 10.9. The van der Waals surface area contributed by atoms with Gasteiger partial charge in [-0.25, -0.2) is 8.42 Å². The summed E-state index contributed by atoms with van der Waals surface area (Å²) < 4.78 is 32.2. The highest BCUT2D eigenvalue weighted by Gasteiger charge is 2.36. The SMILES string of the molecule is Cc1noc(C)c1S(=O)(=O)N1CCCC(C(=O)NCCc2cccs2)C1. The van der Waals surface area contributed by atoms with E-state index in [9.17, 15) is 13.2 Å². The number of carbonyl (C=O) groups is 1. The standard InChI is InChI=1S/C17H23N3O4S2/c1-12-16(13(2)24-19-12)26(22,23)20-9-3-5-14(11-20)17(21)18-8-7-15-6-4-10-25-15/h4,6,10,14H,3,5,7-9,11H2,1-2H3,(H,18,21). The second-order valence-corrected chi connectivity index (χ2v) is 9.38. The van der Waals surface area contributed by atoms with Gasteiger partial charge in [-0.1, -0.05) is 11.2 Å². The Balaban J connectivity index is 1.62. The Bertz CT molecular complexity index is 839. The monoisotopic (exact) mass is 397 g/mol. The summed E-state index contributed by atoms with van der Waals surface area (Å²) in [6, 6.07) is 4.02. The van der Waals surface area contributed by atoms with Gasteiger partial charge in [0.05, 0.1) is 5.92 Å². The Morgan fingerprint density at radius 1 is 1.46 bits per heavy atom. The van der Waals surface area contributed by atoms with Gasteiger partial charge in [0.2, 0.25) is 15.9 Å². The number of piperidine rings is 1. The quantitative estimate of drug-likeness (QED) is 0.806. The van der Waals surface area contributed by atoms with Gasteiger partial charge in [-0.15, -0.1) is 11.3 Å². The van der Waals surface area contributed by atoms with E-state index in [2.05, 4.69) is 10.5 Å². The molecule has 0 saturated carbocycles. The lowest BCUT2D eigenvalue weighted by atomic mass is 9.99. The van der Waals surface area contributed by atoms with Gasteiger partial charge in [0.15, 0.2) is 5.76 Å². The summed E-state index contributed by atoms with van der Waals surface area (Å²) in [6.45, 7) is 4.36. The first-order chi connectivity index (χ1) is 12.4. The first-order valence-electron chi connectivity index (χ1n) is 8.62. The fraction of sp³-hybridized carbons (Fsp3) is 0.529. The molecule has 1 aliphatic heterocycles. The van der Waals surface area contributed by atoms with Crippen molar-refractivity contribution in [2.75, 3.05) is 19.6 Å². The molecule has 26 heavy (non-hydrogen) atoms. The fourth-order valence-electron chi connectivity index (χ4n) is 3.25. The summed E-state index contributed by atoms with van der Waals surface area (Å²) in [5.41, 5.74) is 0.352. The van der Waals surface area contributed by atoms with Crippen molar-refractivity contribution in [3.05, 3.63) is 33.8 Å². The van der Waals surface area contributed by atoms with Crippen LogP contribution < -0.4 is 5.32 Å². The molecule has 1 aliphatic rings. The minimum absolute atomic E-state index is 0.0831. The zero-order valence-electron chi connectivity index (χ0n) is 14.9. The number of thiophene rings is 1. The number of carbonyl (C=O) groups excluding carboxylic acids is 1. The average Bonchev–Trinajstić information content (AvgIpc) is 3.25.